The zero-order chi connectivity index (χ0) is 12.7. The second kappa shape index (κ2) is 7.09. The van der Waals surface area contributed by atoms with Crippen LogP contribution in [0.3, 0.4) is 0 Å². The van der Waals surface area contributed by atoms with Crippen molar-refractivity contribution in [1.29, 1.82) is 0 Å². The smallest absolute Gasteiger partial charge is 0.283 e. The first-order valence-corrected chi connectivity index (χ1v) is 5.88. The molecule has 0 amide bonds. The number of rotatable bonds is 5. The van der Waals surface area contributed by atoms with E-state index in [1.807, 2.05) is 0 Å². The van der Waals surface area contributed by atoms with E-state index >= 15 is 0 Å². The second-order valence-corrected chi connectivity index (χ2v) is 3.97. The van der Waals surface area contributed by atoms with E-state index in [2.05, 4.69) is 38.2 Å². The van der Waals surface area contributed by atoms with Crippen molar-refractivity contribution in [3.63, 3.8) is 0 Å². The fraction of sp³-hybridized carbons (Fsp3) is 0.455. The summed E-state index contributed by atoms with van der Waals surface area (Å²) in [5.74, 6) is 5.62. The van der Waals surface area contributed by atoms with E-state index in [1.54, 1.807) is 20.2 Å². The van der Waals surface area contributed by atoms with Gasteiger partial charge in [0.1, 0.15) is 4.47 Å². The largest absolute Gasteiger partial charge is 0.383 e. The molecule has 17 heavy (non-hydrogen) atoms. The number of halogens is 1. The van der Waals surface area contributed by atoms with E-state index < -0.39 is 0 Å². The van der Waals surface area contributed by atoms with Crippen molar-refractivity contribution in [1.82, 2.24) is 9.78 Å². The molecule has 1 heterocycles. The molecule has 6 heteroatoms. The minimum Gasteiger partial charge on any atom is -0.383 e. The lowest BCUT2D eigenvalue weighted by Gasteiger charge is -2.08. The number of aromatic nitrogens is 2. The molecule has 1 aromatic heterocycles. The first-order valence-electron chi connectivity index (χ1n) is 5.08. The number of nitrogens with one attached hydrogen (secondary N) is 1. The van der Waals surface area contributed by atoms with Crippen molar-refractivity contribution in [3.05, 3.63) is 21.0 Å². The van der Waals surface area contributed by atoms with Crippen molar-refractivity contribution in [2.45, 2.75) is 13.5 Å². The van der Waals surface area contributed by atoms with E-state index in [0.717, 1.165) is 0 Å². The highest BCUT2D eigenvalue weighted by Gasteiger charge is 2.07. The molecule has 0 fully saturated rings. The second-order valence-electron chi connectivity index (χ2n) is 3.17. The third-order valence-corrected chi connectivity index (χ3v) is 2.80. The average Bonchev–Trinajstić information content (AvgIpc) is 2.34. The van der Waals surface area contributed by atoms with Crippen molar-refractivity contribution in [2.24, 2.45) is 0 Å². The highest BCUT2D eigenvalue weighted by Crippen LogP contribution is 2.15. The molecule has 0 saturated heterocycles. The van der Waals surface area contributed by atoms with Crippen LogP contribution in [-0.2, 0) is 11.3 Å². The van der Waals surface area contributed by atoms with Crippen LogP contribution in [0.15, 0.2) is 15.5 Å². The molecular weight excluding hydrogens is 286 g/mol. The Balaban J connectivity index is 2.85. The van der Waals surface area contributed by atoms with E-state index in [1.165, 1.54) is 4.68 Å². The zero-order valence-electron chi connectivity index (χ0n) is 9.79. The molecule has 0 aliphatic carbocycles. The monoisotopic (exact) mass is 299 g/mol. The van der Waals surface area contributed by atoms with Gasteiger partial charge < -0.3 is 10.1 Å². The average molecular weight is 300 g/mol. The van der Waals surface area contributed by atoms with Crippen LogP contribution in [0.1, 0.15) is 6.92 Å². The van der Waals surface area contributed by atoms with Gasteiger partial charge in [0.25, 0.3) is 5.56 Å². The maximum atomic E-state index is 11.9. The fourth-order valence-electron chi connectivity index (χ4n) is 1.15. The fourth-order valence-corrected chi connectivity index (χ4v) is 1.60. The number of nitrogens with zero attached hydrogens (tertiary/aromatic N) is 2. The summed E-state index contributed by atoms with van der Waals surface area (Å²) >= 11 is 3.25. The van der Waals surface area contributed by atoms with Crippen LogP contribution >= 0.6 is 15.9 Å². The number of methoxy groups -OCH3 is 1. The molecule has 0 aromatic carbocycles. The summed E-state index contributed by atoms with van der Waals surface area (Å²) in [6.45, 7) is 3.13. The van der Waals surface area contributed by atoms with Crippen molar-refractivity contribution < 1.29 is 4.74 Å². The molecular formula is C11H14BrN3O2. The highest BCUT2D eigenvalue weighted by molar-refractivity contribution is 9.10. The Hall–Kier alpha value is -1.32. The van der Waals surface area contributed by atoms with Gasteiger partial charge in [0.2, 0.25) is 0 Å². The van der Waals surface area contributed by atoms with Gasteiger partial charge in [0.05, 0.1) is 31.6 Å². The summed E-state index contributed by atoms with van der Waals surface area (Å²) in [7, 11) is 1.58. The SMILES string of the molecule is CC#CCNc1cnn(CCOC)c(=O)c1Br. The van der Waals surface area contributed by atoms with Crippen LogP contribution in [-0.4, -0.2) is 30.0 Å². The lowest BCUT2D eigenvalue weighted by molar-refractivity contribution is 0.181. The Morgan fingerprint density at radius 3 is 3.06 bits per heavy atom. The maximum Gasteiger partial charge on any atom is 0.283 e. The molecule has 0 aliphatic heterocycles. The Morgan fingerprint density at radius 2 is 2.41 bits per heavy atom. The predicted molar refractivity (Wildman–Crippen MR) is 70.0 cm³/mol. The van der Waals surface area contributed by atoms with Gasteiger partial charge in [-0.3, -0.25) is 4.79 Å². The predicted octanol–water partition coefficient (Wildman–Crippen LogP) is 1.09. The summed E-state index contributed by atoms with van der Waals surface area (Å²) in [6.07, 6.45) is 1.60. The zero-order valence-corrected chi connectivity index (χ0v) is 11.4. The molecule has 0 aliphatic rings. The number of ether oxygens (including phenoxy) is 1. The Morgan fingerprint density at radius 1 is 1.65 bits per heavy atom. The van der Waals surface area contributed by atoms with Crippen LogP contribution in [0.5, 0.6) is 0 Å². The standard InChI is InChI=1S/C11H14BrN3O2/c1-3-4-5-13-9-8-14-15(6-7-17-2)11(16)10(9)12/h8,13H,5-7H2,1-2H3. The lowest BCUT2D eigenvalue weighted by Crippen LogP contribution is -2.26. The van der Waals surface area contributed by atoms with Gasteiger partial charge in [-0.2, -0.15) is 5.10 Å². The minimum atomic E-state index is -0.184. The van der Waals surface area contributed by atoms with Crippen LogP contribution in [0.25, 0.3) is 0 Å². The Bertz CT molecular complexity index is 488. The quantitative estimate of drug-likeness (QED) is 0.827. The van der Waals surface area contributed by atoms with Crippen LogP contribution in [0, 0.1) is 11.8 Å². The van der Waals surface area contributed by atoms with Gasteiger partial charge in [0.15, 0.2) is 0 Å². The maximum absolute atomic E-state index is 11.9. The minimum absolute atomic E-state index is 0.184. The molecule has 0 saturated carbocycles. The van der Waals surface area contributed by atoms with Crippen molar-refractivity contribution in [3.8, 4) is 11.8 Å². The normalized spacial score (nSPS) is 9.59. The van der Waals surface area contributed by atoms with Gasteiger partial charge >= 0.3 is 0 Å². The summed E-state index contributed by atoms with van der Waals surface area (Å²) in [6, 6.07) is 0. The molecule has 0 spiro atoms. The number of anilines is 1. The van der Waals surface area contributed by atoms with E-state index in [-0.39, 0.29) is 5.56 Å². The van der Waals surface area contributed by atoms with Gasteiger partial charge in [-0.05, 0) is 22.9 Å². The van der Waals surface area contributed by atoms with Crippen molar-refractivity contribution in [2.75, 3.05) is 25.6 Å². The van der Waals surface area contributed by atoms with E-state index in [9.17, 15) is 4.79 Å². The van der Waals surface area contributed by atoms with E-state index in [4.69, 9.17) is 4.74 Å². The molecule has 0 unspecified atom stereocenters. The van der Waals surface area contributed by atoms with E-state index in [0.29, 0.717) is 29.9 Å². The molecule has 92 valence electrons. The lowest BCUT2D eigenvalue weighted by atomic mass is 10.4. The summed E-state index contributed by atoms with van der Waals surface area (Å²) < 4.78 is 6.71. The topological polar surface area (TPSA) is 56.1 Å². The number of hydrogen-bond donors (Lipinski definition) is 1. The molecule has 1 rings (SSSR count). The highest BCUT2D eigenvalue weighted by atomic mass is 79.9. The van der Waals surface area contributed by atoms with Gasteiger partial charge in [-0.1, -0.05) is 5.92 Å². The molecule has 0 radical (unpaired) electrons. The summed E-state index contributed by atoms with van der Waals surface area (Å²) in [4.78, 5) is 11.9. The van der Waals surface area contributed by atoms with Crippen LogP contribution < -0.4 is 10.9 Å². The summed E-state index contributed by atoms with van der Waals surface area (Å²) in [5.41, 5.74) is 0.461. The Kier molecular flexibility index (Phi) is 5.73. The first kappa shape index (κ1) is 13.7. The van der Waals surface area contributed by atoms with Gasteiger partial charge in [0, 0.05) is 7.11 Å². The van der Waals surface area contributed by atoms with Crippen molar-refractivity contribution >= 4 is 21.6 Å². The van der Waals surface area contributed by atoms with Gasteiger partial charge in [-0.25, -0.2) is 4.68 Å². The first-order chi connectivity index (χ1) is 8.20. The summed E-state index contributed by atoms with van der Waals surface area (Å²) in [5, 5.41) is 7.05. The molecule has 0 bridgehead atoms. The van der Waals surface area contributed by atoms with Gasteiger partial charge in [-0.15, -0.1) is 5.92 Å². The molecule has 1 aromatic rings. The Labute approximate surface area is 108 Å². The molecule has 0 atom stereocenters. The molecule has 5 nitrogen and oxygen atoms in total. The molecule has 1 N–H and O–H groups in total. The third-order valence-electron chi connectivity index (χ3n) is 2.04. The third kappa shape index (κ3) is 3.88. The van der Waals surface area contributed by atoms with Crippen LogP contribution in [0.2, 0.25) is 0 Å². The number of hydrogen-bond acceptors (Lipinski definition) is 4. The van der Waals surface area contributed by atoms with Crippen LogP contribution in [0.4, 0.5) is 5.69 Å².